The second kappa shape index (κ2) is 10.7. The molecule has 202 valence electrons. The molecule has 1 saturated carbocycles. The average Bonchev–Trinajstić information content (AvgIpc) is 3.41. The van der Waals surface area contributed by atoms with E-state index in [0.29, 0.717) is 17.4 Å². The van der Waals surface area contributed by atoms with E-state index in [4.69, 9.17) is 19.2 Å². The number of carbonyl (C=O) groups excluding carboxylic acids is 2. The summed E-state index contributed by atoms with van der Waals surface area (Å²) in [5.41, 5.74) is 5.00. The predicted octanol–water partition coefficient (Wildman–Crippen LogP) is 5.94. The molecule has 7 nitrogen and oxygen atoms in total. The van der Waals surface area contributed by atoms with Gasteiger partial charge in [-0.2, -0.15) is 0 Å². The number of nitrogens with zero attached hydrogens (tertiary/aromatic N) is 1. The van der Waals surface area contributed by atoms with Gasteiger partial charge in [-0.15, -0.1) is 0 Å². The molecule has 2 aliphatic carbocycles. The SMILES string of the molecule is CC1CCCC(NC(=O)COC(=O)c2c3c(nc4ccccc24)/C(=C/c2ccc4c(c2)OCO4)CCC3)C1C. The van der Waals surface area contributed by atoms with Crippen LogP contribution in [0.25, 0.3) is 22.6 Å². The zero-order chi connectivity index (χ0) is 26.9. The van der Waals surface area contributed by atoms with Crippen molar-refractivity contribution < 1.29 is 23.8 Å². The maximum Gasteiger partial charge on any atom is 0.339 e. The van der Waals surface area contributed by atoms with Crippen molar-refractivity contribution in [1.29, 1.82) is 0 Å². The fourth-order valence-corrected chi connectivity index (χ4v) is 6.15. The summed E-state index contributed by atoms with van der Waals surface area (Å²) in [6.07, 6.45) is 7.83. The van der Waals surface area contributed by atoms with Gasteiger partial charge >= 0.3 is 5.97 Å². The highest BCUT2D eigenvalue weighted by molar-refractivity contribution is 6.07. The highest BCUT2D eigenvalue weighted by atomic mass is 16.7. The van der Waals surface area contributed by atoms with Crippen molar-refractivity contribution in [1.82, 2.24) is 10.3 Å². The number of esters is 1. The Hall–Kier alpha value is -3.87. The molecule has 1 aromatic heterocycles. The fraction of sp³-hybridized carbons (Fsp3) is 0.406. The lowest BCUT2D eigenvalue weighted by Crippen LogP contribution is -2.45. The Balaban J connectivity index is 1.28. The lowest BCUT2D eigenvalue weighted by Gasteiger charge is -2.34. The fourth-order valence-electron chi connectivity index (χ4n) is 6.15. The normalized spacial score (nSPS) is 22.9. The number of allylic oxidation sites excluding steroid dienone is 1. The first-order chi connectivity index (χ1) is 19.0. The van der Waals surface area contributed by atoms with E-state index in [1.54, 1.807) is 0 Å². The Morgan fingerprint density at radius 2 is 1.90 bits per heavy atom. The lowest BCUT2D eigenvalue weighted by molar-refractivity contribution is -0.125. The molecule has 0 bridgehead atoms. The zero-order valence-electron chi connectivity index (χ0n) is 22.5. The molecule has 3 unspecified atom stereocenters. The minimum absolute atomic E-state index is 0.123. The highest BCUT2D eigenvalue weighted by Gasteiger charge is 2.29. The second-order valence-electron chi connectivity index (χ2n) is 11.0. The number of hydrogen-bond acceptors (Lipinski definition) is 6. The summed E-state index contributed by atoms with van der Waals surface area (Å²) >= 11 is 0. The molecule has 1 aliphatic heterocycles. The molecule has 3 aliphatic rings. The van der Waals surface area contributed by atoms with Gasteiger partial charge < -0.3 is 19.5 Å². The van der Waals surface area contributed by atoms with Gasteiger partial charge in [0, 0.05) is 11.4 Å². The first kappa shape index (κ1) is 25.4. The molecular weight excluding hydrogens is 492 g/mol. The van der Waals surface area contributed by atoms with Crippen molar-refractivity contribution in [2.45, 2.75) is 58.4 Å². The summed E-state index contributed by atoms with van der Waals surface area (Å²) in [4.78, 5) is 31.3. The van der Waals surface area contributed by atoms with E-state index in [1.807, 2.05) is 42.5 Å². The van der Waals surface area contributed by atoms with Gasteiger partial charge in [-0.25, -0.2) is 9.78 Å². The monoisotopic (exact) mass is 526 g/mol. The standard InChI is InChI=1S/C32H34N2O5/c1-19-7-5-12-25(20(19)2)33-29(35)17-37-32(36)30-23-9-3-4-11-26(23)34-31-22(8-6-10-24(30)31)15-21-13-14-27-28(16-21)39-18-38-27/h3-4,9,11,13-16,19-20,25H,5-8,10,12,17-18H2,1-2H3,(H,33,35)/b22-15+. The Kier molecular flexibility index (Phi) is 6.98. The number of amides is 1. The van der Waals surface area contributed by atoms with Gasteiger partial charge in [0.1, 0.15) is 0 Å². The molecule has 1 amide bonds. The molecule has 3 aromatic rings. The van der Waals surface area contributed by atoms with Crippen LogP contribution >= 0.6 is 0 Å². The molecule has 6 rings (SSSR count). The van der Waals surface area contributed by atoms with Gasteiger partial charge in [-0.3, -0.25) is 4.79 Å². The van der Waals surface area contributed by atoms with Crippen LogP contribution in [-0.4, -0.2) is 36.3 Å². The van der Waals surface area contributed by atoms with Crippen molar-refractivity contribution in [3.8, 4) is 11.5 Å². The van der Waals surface area contributed by atoms with Gasteiger partial charge in [0.25, 0.3) is 5.91 Å². The number of fused-ring (bicyclic) bond motifs is 3. The van der Waals surface area contributed by atoms with E-state index in [0.717, 1.165) is 76.9 Å². The van der Waals surface area contributed by atoms with E-state index in [9.17, 15) is 9.59 Å². The number of carbonyl (C=O) groups is 2. The van der Waals surface area contributed by atoms with Crippen molar-refractivity contribution in [2.75, 3.05) is 13.4 Å². The van der Waals surface area contributed by atoms with E-state index in [2.05, 4.69) is 25.2 Å². The first-order valence-corrected chi connectivity index (χ1v) is 14.0. The topological polar surface area (TPSA) is 86.8 Å². The van der Waals surface area contributed by atoms with E-state index < -0.39 is 5.97 Å². The van der Waals surface area contributed by atoms with Crippen molar-refractivity contribution in [2.24, 2.45) is 11.8 Å². The largest absolute Gasteiger partial charge is 0.454 e. The third-order valence-electron chi connectivity index (χ3n) is 8.50. The van der Waals surface area contributed by atoms with Gasteiger partial charge in [0.05, 0.1) is 16.8 Å². The maximum absolute atomic E-state index is 13.6. The minimum Gasteiger partial charge on any atom is -0.454 e. The Bertz CT molecular complexity index is 1460. The number of nitrogens with one attached hydrogen (secondary N) is 1. The molecule has 7 heteroatoms. The summed E-state index contributed by atoms with van der Waals surface area (Å²) in [5, 5.41) is 3.85. The molecule has 2 heterocycles. The molecule has 3 atom stereocenters. The van der Waals surface area contributed by atoms with Crippen LogP contribution in [0.5, 0.6) is 11.5 Å². The molecule has 0 spiro atoms. The third kappa shape index (κ3) is 5.10. The van der Waals surface area contributed by atoms with Gasteiger partial charge in [0.15, 0.2) is 18.1 Å². The van der Waals surface area contributed by atoms with Gasteiger partial charge in [-0.05, 0) is 78.5 Å². The van der Waals surface area contributed by atoms with Crippen LogP contribution in [0, 0.1) is 11.8 Å². The summed E-state index contributed by atoms with van der Waals surface area (Å²) < 4.78 is 16.6. The van der Waals surface area contributed by atoms with Gasteiger partial charge in [0.2, 0.25) is 6.79 Å². The number of hydrogen-bond donors (Lipinski definition) is 1. The molecule has 2 aromatic carbocycles. The summed E-state index contributed by atoms with van der Waals surface area (Å²) in [6.45, 7) is 4.36. The van der Waals surface area contributed by atoms with Crippen LogP contribution in [0.2, 0.25) is 0 Å². The van der Waals surface area contributed by atoms with Crippen LogP contribution < -0.4 is 14.8 Å². The van der Waals surface area contributed by atoms with Crippen molar-refractivity contribution >= 4 is 34.4 Å². The Morgan fingerprint density at radius 1 is 1.05 bits per heavy atom. The van der Waals surface area contributed by atoms with Crippen LogP contribution in [0.15, 0.2) is 42.5 Å². The van der Waals surface area contributed by atoms with Crippen LogP contribution in [-0.2, 0) is 16.0 Å². The molecule has 0 radical (unpaired) electrons. The van der Waals surface area contributed by atoms with Crippen LogP contribution in [0.4, 0.5) is 0 Å². The predicted molar refractivity (Wildman–Crippen MR) is 150 cm³/mol. The maximum atomic E-state index is 13.6. The number of pyridine rings is 1. The first-order valence-electron chi connectivity index (χ1n) is 14.0. The number of benzene rings is 2. The average molecular weight is 527 g/mol. The lowest BCUT2D eigenvalue weighted by atomic mass is 9.78. The second-order valence-corrected chi connectivity index (χ2v) is 11.0. The smallest absolute Gasteiger partial charge is 0.339 e. The van der Waals surface area contributed by atoms with E-state index in [-0.39, 0.29) is 25.3 Å². The molecule has 1 N–H and O–H groups in total. The molecule has 0 saturated heterocycles. The quantitative estimate of drug-likeness (QED) is 0.414. The zero-order valence-corrected chi connectivity index (χ0v) is 22.5. The number of ether oxygens (including phenoxy) is 3. The van der Waals surface area contributed by atoms with Crippen LogP contribution in [0.3, 0.4) is 0 Å². The summed E-state index contributed by atoms with van der Waals surface area (Å²) in [5.74, 6) is 1.73. The molecular formula is C32H34N2O5. The summed E-state index contributed by atoms with van der Waals surface area (Å²) in [6, 6.07) is 13.6. The van der Waals surface area contributed by atoms with E-state index in [1.165, 1.54) is 6.42 Å². The minimum atomic E-state index is -0.477. The number of rotatable bonds is 5. The van der Waals surface area contributed by atoms with Crippen LogP contribution in [0.1, 0.15) is 73.1 Å². The molecule has 1 fully saturated rings. The van der Waals surface area contributed by atoms with Crippen molar-refractivity contribution in [3.05, 3.63) is 64.8 Å². The summed E-state index contributed by atoms with van der Waals surface area (Å²) in [7, 11) is 0. The van der Waals surface area contributed by atoms with E-state index >= 15 is 0 Å². The number of aromatic nitrogens is 1. The third-order valence-corrected chi connectivity index (χ3v) is 8.50. The number of para-hydroxylation sites is 1. The molecule has 39 heavy (non-hydrogen) atoms. The van der Waals surface area contributed by atoms with Gasteiger partial charge in [-0.1, -0.05) is 51.0 Å². The highest BCUT2D eigenvalue weighted by Crippen LogP contribution is 2.38. The van der Waals surface area contributed by atoms with Crippen molar-refractivity contribution in [3.63, 3.8) is 0 Å². The Morgan fingerprint density at radius 3 is 2.79 bits per heavy atom. The Labute approximate surface area is 228 Å².